The van der Waals surface area contributed by atoms with Crippen molar-refractivity contribution in [3.63, 3.8) is 0 Å². The van der Waals surface area contributed by atoms with Crippen molar-refractivity contribution in [3.8, 4) is 11.6 Å². The van der Waals surface area contributed by atoms with E-state index >= 15 is 0 Å². The van der Waals surface area contributed by atoms with Gasteiger partial charge in [0.15, 0.2) is 11.6 Å². The zero-order valence-corrected chi connectivity index (χ0v) is 10.0. The van der Waals surface area contributed by atoms with E-state index in [9.17, 15) is 4.39 Å². The van der Waals surface area contributed by atoms with Crippen molar-refractivity contribution in [1.82, 2.24) is 9.97 Å². The fourth-order valence-electron chi connectivity index (χ4n) is 1.17. The van der Waals surface area contributed by atoms with Crippen molar-refractivity contribution in [2.24, 2.45) is 0 Å². The first kappa shape index (κ1) is 11.0. The minimum absolute atomic E-state index is 0.158. The number of benzene rings is 1. The van der Waals surface area contributed by atoms with E-state index in [1.165, 1.54) is 12.4 Å². The number of rotatable bonds is 2. The van der Waals surface area contributed by atoms with Gasteiger partial charge in [-0.2, -0.15) is 0 Å². The van der Waals surface area contributed by atoms with E-state index in [4.69, 9.17) is 4.74 Å². The molecule has 0 saturated heterocycles. The van der Waals surface area contributed by atoms with Gasteiger partial charge in [0.2, 0.25) is 5.88 Å². The molecule has 0 fully saturated rings. The molecule has 3 nitrogen and oxygen atoms in total. The van der Waals surface area contributed by atoms with Gasteiger partial charge in [-0.15, -0.1) is 0 Å². The molecule has 0 aliphatic carbocycles. The lowest BCUT2D eigenvalue weighted by Crippen LogP contribution is -1.92. The lowest BCUT2D eigenvalue weighted by Gasteiger charge is -2.06. The fraction of sp³-hybridized carbons (Fsp3) is 0.0909. The third kappa shape index (κ3) is 2.55. The molecule has 2 aromatic rings. The van der Waals surface area contributed by atoms with Crippen molar-refractivity contribution in [2.45, 2.75) is 6.92 Å². The van der Waals surface area contributed by atoms with Crippen LogP contribution in [0.25, 0.3) is 0 Å². The Kier molecular flexibility index (Phi) is 3.14. The van der Waals surface area contributed by atoms with Crippen LogP contribution in [0.5, 0.6) is 11.6 Å². The number of hydrogen-bond acceptors (Lipinski definition) is 3. The van der Waals surface area contributed by atoms with E-state index in [0.29, 0.717) is 10.5 Å². The van der Waals surface area contributed by atoms with Crippen LogP contribution in [-0.4, -0.2) is 9.97 Å². The first-order chi connectivity index (χ1) is 7.65. The number of ether oxygens (including phenoxy) is 1. The summed E-state index contributed by atoms with van der Waals surface area (Å²) >= 11 is 3.18. The zero-order chi connectivity index (χ0) is 11.5. The van der Waals surface area contributed by atoms with Crippen LogP contribution in [0.4, 0.5) is 4.39 Å². The second-order valence-corrected chi connectivity index (χ2v) is 4.03. The number of aryl methyl sites for hydroxylation is 1. The van der Waals surface area contributed by atoms with Gasteiger partial charge in [0, 0.05) is 6.07 Å². The van der Waals surface area contributed by atoms with Crippen LogP contribution in [0, 0.1) is 12.7 Å². The van der Waals surface area contributed by atoms with Crippen molar-refractivity contribution >= 4 is 15.9 Å². The third-order valence-corrected chi connectivity index (χ3v) is 2.34. The van der Waals surface area contributed by atoms with Gasteiger partial charge in [0.25, 0.3) is 0 Å². The summed E-state index contributed by atoms with van der Waals surface area (Å²) in [5.41, 5.74) is 0.921. The summed E-state index contributed by atoms with van der Waals surface area (Å²) in [5, 5.41) is 0. The Labute approximate surface area is 100 Å². The van der Waals surface area contributed by atoms with Gasteiger partial charge in [-0.25, -0.2) is 14.4 Å². The summed E-state index contributed by atoms with van der Waals surface area (Å²) in [7, 11) is 0. The van der Waals surface area contributed by atoms with Crippen LogP contribution in [0.1, 0.15) is 5.56 Å². The standard InChI is InChI=1S/C11H8BrFN2O/c1-7-2-3-8(13)9(4-7)16-11-5-10(12)14-6-15-11/h2-6H,1H3. The Morgan fingerprint density at radius 3 is 2.81 bits per heavy atom. The van der Waals surface area contributed by atoms with Gasteiger partial charge in [0.05, 0.1) is 0 Å². The molecule has 0 saturated carbocycles. The van der Waals surface area contributed by atoms with Crippen LogP contribution in [0.2, 0.25) is 0 Å². The van der Waals surface area contributed by atoms with Crippen LogP contribution in [0.15, 0.2) is 35.2 Å². The highest BCUT2D eigenvalue weighted by atomic mass is 79.9. The Hall–Kier alpha value is -1.49. The van der Waals surface area contributed by atoms with Gasteiger partial charge >= 0.3 is 0 Å². The molecule has 1 aromatic carbocycles. The van der Waals surface area contributed by atoms with Crippen LogP contribution < -0.4 is 4.74 Å². The summed E-state index contributed by atoms with van der Waals surface area (Å²) in [6, 6.07) is 6.23. The molecule has 0 radical (unpaired) electrons. The molecule has 0 N–H and O–H groups in total. The van der Waals surface area contributed by atoms with Crippen LogP contribution in [-0.2, 0) is 0 Å². The Bertz CT molecular complexity index is 519. The van der Waals surface area contributed by atoms with Gasteiger partial charge in [0.1, 0.15) is 10.9 Å². The molecule has 0 aliphatic rings. The number of hydrogen-bond donors (Lipinski definition) is 0. The summed E-state index contributed by atoms with van der Waals surface area (Å²) < 4.78 is 19.3. The molecule has 5 heteroatoms. The molecule has 2 rings (SSSR count). The summed E-state index contributed by atoms with van der Waals surface area (Å²) in [6.45, 7) is 1.86. The lowest BCUT2D eigenvalue weighted by atomic mass is 10.2. The third-order valence-electron chi connectivity index (χ3n) is 1.91. The average molecular weight is 283 g/mol. The minimum Gasteiger partial charge on any atom is -0.436 e. The van der Waals surface area contributed by atoms with Gasteiger partial charge in [-0.05, 0) is 40.5 Å². The molecule has 0 amide bonds. The predicted octanol–water partition coefficient (Wildman–Crippen LogP) is 3.48. The second-order valence-electron chi connectivity index (χ2n) is 3.21. The first-order valence-corrected chi connectivity index (χ1v) is 5.36. The predicted molar refractivity (Wildman–Crippen MR) is 60.9 cm³/mol. The maximum Gasteiger partial charge on any atom is 0.223 e. The number of halogens is 2. The summed E-state index contributed by atoms with van der Waals surface area (Å²) in [5.74, 6) is 0.0392. The minimum atomic E-state index is -0.416. The fourth-order valence-corrected chi connectivity index (χ4v) is 1.46. The molecule has 0 aliphatic heterocycles. The molecule has 0 bridgehead atoms. The zero-order valence-electron chi connectivity index (χ0n) is 8.45. The highest BCUT2D eigenvalue weighted by Crippen LogP contribution is 2.24. The molecule has 0 unspecified atom stereocenters. The lowest BCUT2D eigenvalue weighted by molar-refractivity contribution is 0.425. The van der Waals surface area contributed by atoms with Crippen molar-refractivity contribution < 1.29 is 9.13 Å². The SMILES string of the molecule is Cc1ccc(F)c(Oc2cc(Br)ncn2)c1. The Balaban J connectivity index is 2.30. The maximum atomic E-state index is 13.4. The van der Waals surface area contributed by atoms with E-state index in [1.54, 1.807) is 18.2 Å². The highest BCUT2D eigenvalue weighted by molar-refractivity contribution is 9.10. The Morgan fingerprint density at radius 1 is 1.25 bits per heavy atom. The number of nitrogens with zero attached hydrogens (tertiary/aromatic N) is 2. The average Bonchev–Trinajstić information content (AvgIpc) is 2.24. The summed E-state index contributed by atoms with van der Waals surface area (Å²) in [6.07, 6.45) is 1.34. The molecule has 0 atom stereocenters. The van der Waals surface area contributed by atoms with Crippen molar-refractivity contribution in [1.29, 1.82) is 0 Å². The summed E-state index contributed by atoms with van der Waals surface area (Å²) in [4.78, 5) is 7.73. The molecular formula is C11H8BrFN2O. The van der Waals surface area contributed by atoms with Crippen LogP contribution >= 0.6 is 15.9 Å². The van der Waals surface area contributed by atoms with Gasteiger partial charge < -0.3 is 4.74 Å². The first-order valence-electron chi connectivity index (χ1n) is 4.57. The smallest absolute Gasteiger partial charge is 0.223 e. The molecule has 0 spiro atoms. The molecule has 16 heavy (non-hydrogen) atoms. The molecular weight excluding hydrogens is 275 g/mol. The van der Waals surface area contributed by atoms with E-state index in [0.717, 1.165) is 5.56 Å². The van der Waals surface area contributed by atoms with Crippen molar-refractivity contribution in [3.05, 3.63) is 46.6 Å². The van der Waals surface area contributed by atoms with E-state index in [1.807, 2.05) is 6.92 Å². The molecule has 1 heterocycles. The van der Waals surface area contributed by atoms with Gasteiger partial charge in [-0.3, -0.25) is 0 Å². The van der Waals surface area contributed by atoms with Crippen molar-refractivity contribution in [2.75, 3.05) is 0 Å². The normalized spacial score (nSPS) is 10.2. The van der Waals surface area contributed by atoms with Gasteiger partial charge in [-0.1, -0.05) is 6.07 Å². The van der Waals surface area contributed by atoms with E-state index in [-0.39, 0.29) is 5.75 Å². The van der Waals surface area contributed by atoms with E-state index < -0.39 is 5.82 Å². The monoisotopic (exact) mass is 282 g/mol. The largest absolute Gasteiger partial charge is 0.436 e. The molecule has 82 valence electrons. The Morgan fingerprint density at radius 2 is 2.06 bits per heavy atom. The topological polar surface area (TPSA) is 35.0 Å². The molecule has 1 aromatic heterocycles. The van der Waals surface area contributed by atoms with E-state index in [2.05, 4.69) is 25.9 Å². The quantitative estimate of drug-likeness (QED) is 0.791. The maximum absolute atomic E-state index is 13.4. The highest BCUT2D eigenvalue weighted by Gasteiger charge is 2.06. The van der Waals surface area contributed by atoms with Crippen LogP contribution in [0.3, 0.4) is 0 Å². The number of aromatic nitrogens is 2. The second kappa shape index (κ2) is 4.57.